The lowest BCUT2D eigenvalue weighted by molar-refractivity contribution is -0.117. The Bertz CT molecular complexity index is 397. The average molecular weight is 271 g/mol. The third-order valence-electron chi connectivity index (χ3n) is 2.51. The maximum atomic E-state index is 11.8. The van der Waals surface area contributed by atoms with Crippen molar-refractivity contribution in [1.29, 1.82) is 0 Å². The molecule has 6 heteroatoms. The molecule has 5 nitrogen and oxygen atoms in total. The normalized spacial score (nSPS) is 12.5. The van der Waals surface area contributed by atoms with Crippen molar-refractivity contribution in [3.63, 3.8) is 0 Å². The van der Waals surface area contributed by atoms with E-state index in [9.17, 15) is 4.79 Å². The molecule has 0 spiro atoms. The summed E-state index contributed by atoms with van der Waals surface area (Å²) in [5.41, 5.74) is 5.66. The first kappa shape index (κ1) is 14.9. The number of carbonyl (C=O) groups is 1. The quantitative estimate of drug-likeness (QED) is 0.776. The molecule has 1 aromatic heterocycles. The molecule has 0 aliphatic carbocycles. The van der Waals surface area contributed by atoms with Gasteiger partial charge in [0.05, 0.1) is 0 Å². The van der Waals surface area contributed by atoms with E-state index >= 15 is 0 Å². The van der Waals surface area contributed by atoms with Crippen LogP contribution in [-0.2, 0) is 4.79 Å². The number of hydrogen-bond acceptors (Lipinski definition) is 4. The molecule has 0 aliphatic heterocycles. The Labute approximate surface area is 112 Å². The van der Waals surface area contributed by atoms with Gasteiger partial charge in [0.2, 0.25) is 5.91 Å². The number of amides is 1. The van der Waals surface area contributed by atoms with Crippen LogP contribution >= 0.6 is 11.6 Å². The van der Waals surface area contributed by atoms with Gasteiger partial charge in [0.25, 0.3) is 0 Å². The molecule has 1 amide bonds. The zero-order chi connectivity index (χ0) is 13.5. The summed E-state index contributed by atoms with van der Waals surface area (Å²) in [5.74, 6) is 1.04. The van der Waals surface area contributed by atoms with Crippen molar-refractivity contribution in [2.24, 2.45) is 17.6 Å². The van der Waals surface area contributed by atoms with Crippen LogP contribution in [0.15, 0.2) is 12.4 Å². The fourth-order valence-corrected chi connectivity index (χ4v) is 1.93. The summed E-state index contributed by atoms with van der Waals surface area (Å²) >= 11 is 5.71. The Morgan fingerprint density at radius 3 is 2.78 bits per heavy atom. The second-order valence-electron chi connectivity index (χ2n) is 4.71. The van der Waals surface area contributed by atoms with E-state index in [0.29, 0.717) is 29.9 Å². The van der Waals surface area contributed by atoms with Gasteiger partial charge in [-0.2, -0.15) is 0 Å². The second-order valence-corrected chi connectivity index (χ2v) is 5.10. The number of aromatic nitrogens is 2. The maximum absolute atomic E-state index is 11.8. The number of nitrogens with one attached hydrogen (secondary N) is 1. The molecule has 1 unspecified atom stereocenters. The van der Waals surface area contributed by atoms with Crippen LogP contribution in [0.4, 0.5) is 5.82 Å². The van der Waals surface area contributed by atoms with Gasteiger partial charge in [0.1, 0.15) is 17.3 Å². The van der Waals surface area contributed by atoms with Crippen LogP contribution in [0.1, 0.15) is 26.7 Å². The fourth-order valence-electron chi connectivity index (χ4n) is 1.79. The molecule has 1 rings (SSSR count). The average Bonchev–Trinajstić information content (AvgIpc) is 2.27. The Morgan fingerprint density at radius 2 is 2.22 bits per heavy atom. The van der Waals surface area contributed by atoms with E-state index in [1.807, 2.05) is 0 Å². The highest BCUT2D eigenvalue weighted by molar-refractivity contribution is 6.29. The zero-order valence-electron chi connectivity index (χ0n) is 10.7. The van der Waals surface area contributed by atoms with Crippen molar-refractivity contribution in [3.05, 3.63) is 17.5 Å². The van der Waals surface area contributed by atoms with E-state index in [4.69, 9.17) is 17.3 Å². The van der Waals surface area contributed by atoms with Gasteiger partial charge in [-0.15, -0.1) is 0 Å². The molecule has 0 aliphatic rings. The first-order chi connectivity index (χ1) is 8.51. The first-order valence-electron chi connectivity index (χ1n) is 5.98. The molecule has 0 saturated heterocycles. The Balaban J connectivity index is 2.50. The van der Waals surface area contributed by atoms with Crippen molar-refractivity contribution in [1.82, 2.24) is 9.97 Å². The molecule has 18 heavy (non-hydrogen) atoms. The number of anilines is 1. The van der Waals surface area contributed by atoms with Crippen LogP contribution in [0.5, 0.6) is 0 Å². The van der Waals surface area contributed by atoms with E-state index in [2.05, 4.69) is 29.1 Å². The minimum atomic E-state index is -0.0964. The van der Waals surface area contributed by atoms with Gasteiger partial charge in [-0.25, -0.2) is 9.97 Å². The van der Waals surface area contributed by atoms with Gasteiger partial charge >= 0.3 is 0 Å². The summed E-state index contributed by atoms with van der Waals surface area (Å²) in [5, 5.41) is 2.99. The minimum Gasteiger partial charge on any atom is -0.330 e. The molecule has 100 valence electrons. The summed E-state index contributed by atoms with van der Waals surface area (Å²) in [6.07, 6.45) is 2.65. The summed E-state index contributed by atoms with van der Waals surface area (Å²) < 4.78 is 0. The lowest BCUT2D eigenvalue weighted by Gasteiger charge is -2.16. The third-order valence-corrected chi connectivity index (χ3v) is 2.72. The molecule has 0 saturated carbocycles. The van der Waals surface area contributed by atoms with Crippen LogP contribution in [0.3, 0.4) is 0 Å². The fraction of sp³-hybridized carbons (Fsp3) is 0.583. The predicted octanol–water partition coefficient (Wildman–Crippen LogP) is 2.08. The zero-order valence-corrected chi connectivity index (χ0v) is 11.4. The van der Waals surface area contributed by atoms with Gasteiger partial charge in [0, 0.05) is 12.5 Å². The van der Waals surface area contributed by atoms with Crippen LogP contribution in [0.2, 0.25) is 5.15 Å². The van der Waals surface area contributed by atoms with E-state index < -0.39 is 0 Å². The number of nitrogens with zero attached hydrogens (tertiary/aromatic N) is 2. The topological polar surface area (TPSA) is 80.9 Å². The van der Waals surface area contributed by atoms with Gasteiger partial charge in [-0.3, -0.25) is 4.79 Å². The maximum Gasteiger partial charge on any atom is 0.225 e. The predicted molar refractivity (Wildman–Crippen MR) is 72.3 cm³/mol. The van der Waals surface area contributed by atoms with E-state index in [0.717, 1.165) is 6.42 Å². The number of rotatable bonds is 6. The molecule has 1 atom stereocenters. The summed E-state index contributed by atoms with van der Waals surface area (Å²) in [7, 11) is 0. The molecule has 1 heterocycles. The molecular formula is C12H19ClN4O. The minimum absolute atomic E-state index is 0.0964. The van der Waals surface area contributed by atoms with Crippen LogP contribution in [-0.4, -0.2) is 22.4 Å². The standard InChI is InChI=1S/C12H19ClN4O/c1-8(2)3-9(6-14)4-12(18)17-11-5-10(13)15-7-16-11/h5,7-9H,3-4,6,14H2,1-2H3,(H,15,16,17,18). The number of carbonyl (C=O) groups excluding carboxylic acids is 1. The van der Waals surface area contributed by atoms with Crippen LogP contribution in [0.25, 0.3) is 0 Å². The highest BCUT2D eigenvalue weighted by atomic mass is 35.5. The number of hydrogen-bond donors (Lipinski definition) is 2. The van der Waals surface area contributed by atoms with Crippen LogP contribution in [0, 0.1) is 11.8 Å². The molecule has 0 radical (unpaired) electrons. The highest BCUT2D eigenvalue weighted by Gasteiger charge is 2.14. The highest BCUT2D eigenvalue weighted by Crippen LogP contribution is 2.15. The molecule has 0 fully saturated rings. The Kier molecular flexibility index (Phi) is 6.01. The molecule has 0 bridgehead atoms. The smallest absolute Gasteiger partial charge is 0.225 e. The van der Waals surface area contributed by atoms with Gasteiger partial charge in [-0.1, -0.05) is 25.4 Å². The molecular weight excluding hydrogens is 252 g/mol. The summed E-state index contributed by atoms with van der Waals surface area (Å²) in [6.45, 7) is 4.74. The van der Waals surface area contributed by atoms with Gasteiger partial charge in [-0.05, 0) is 24.8 Å². The van der Waals surface area contributed by atoms with Crippen molar-refractivity contribution in [2.75, 3.05) is 11.9 Å². The third kappa shape index (κ3) is 5.42. The second kappa shape index (κ2) is 7.28. The van der Waals surface area contributed by atoms with Gasteiger partial charge in [0.15, 0.2) is 0 Å². The van der Waals surface area contributed by atoms with E-state index in [-0.39, 0.29) is 11.8 Å². The molecule has 3 N–H and O–H groups in total. The summed E-state index contributed by atoms with van der Waals surface area (Å²) in [6, 6.07) is 1.51. The van der Waals surface area contributed by atoms with Crippen molar-refractivity contribution >= 4 is 23.3 Å². The monoisotopic (exact) mass is 270 g/mol. The van der Waals surface area contributed by atoms with E-state index in [1.54, 1.807) is 0 Å². The van der Waals surface area contributed by atoms with Crippen molar-refractivity contribution in [2.45, 2.75) is 26.7 Å². The Hall–Kier alpha value is -1.20. The van der Waals surface area contributed by atoms with E-state index in [1.165, 1.54) is 12.4 Å². The largest absolute Gasteiger partial charge is 0.330 e. The number of nitrogens with two attached hydrogens (primary N) is 1. The van der Waals surface area contributed by atoms with Crippen molar-refractivity contribution < 1.29 is 4.79 Å². The van der Waals surface area contributed by atoms with Gasteiger partial charge < -0.3 is 11.1 Å². The molecule has 0 aromatic carbocycles. The lowest BCUT2D eigenvalue weighted by Crippen LogP contribution is -2.23. The van der Waals surface area contributed by atoms with Crippen LogP contribution < -0.4 is 11.1 Å². The summed E-state index contributed by atoms with van der Waals surface area (Å²) in [4.78, 5) is 19.5. The lowest BCUT2D eigenvalue weighted by atomic mass is 9.94. The number of halogens is 1. The SMILES string of the molecule is CC(C)CC(CN)CC(=O)Nc1cc(Cl)ncn1. The van der Waals surface area contributed by atoms with Crippen molar-refractivity contribution in [3.8, 4) is 0 Å². The Morgan fingerprint density at radius 1 is 1.50 bits per heavy atom. The molecule has 1 aromatic rings. The first-order valence-corrected chi connectivity index (χ1v) is 6.36.